The van der Waals surface area contributed by atoms with E-state index in [1.54, 1.807) is 18.1 Å². The van der Waals surface area contributed by atoms with Gasteiger partial charge in [-0.05, 0) is 6.42 Å². The van der Waals surface area contributed by atoms with E-state index < -0.39 is 0 Å². The molecule has 1 unspecified atom stereocenters. The Hall–Kier alpha value is -0.460. The molecule has 4 nitrogen and oxygen atoms in total. The van der Waals surface area contributed by atoms with Crippen LogP contribution in [0.25, 0.3) is 0 Å². The molecule has 0 aliphatic carbocycles. The Bertz CT molecular complexity index is 379. The largest absolute Gasteiger partial charge is 0.274 e. The Balaban J connectivity index is 1.61. The summed E-state index contributed by atoms with van der Waals surface area (Å²) in [5.41, 5.74) is 0.973. The zero-order chi connectivity index (χ0) is 13.5. The van der Waals surface area contributed by atoms with Crippen LogP contribution < -0.4 is 5.84 Å². The van der Waals surface area contributed by atoms with Crippen molar-refractivity contribution in [2.75, 3.05) is 5.75 Å². The summed E-state index contributed by atoms with van der Waals surface area (Å²) >= 11 is 3.59. The molecule has 106 valence electrons. The Morgan fingerprint density at radius 3 is 2.95 bits per heavy atom. The summed E-state index contributed by atoms with van der Waals surface area (Å²) in [5, 5.41) is 1.60. The van der Waals surface area contributed by atoms with Crippen molar-refractivity contribution in [1.29, 1.82) is 0 Å². The summed E-state index contributed by atoms with van der Waals surface area (Å²) in [6.45, 7) is 2.25. The van der Waals surface area contributed by atoms with E-state index in [1.165, 1.54) is 43.5 Å². The van der Waals surface area contributed by atoms with Crippen molar-refractivity contribution >= 4 is 34.2 Å². The minimum atomic E-state index is 0.131. The molecule has 0 saturated carbocycles. The van der Waals surface area contributed by atoms with Crippen LogP contribution in [-0.2, 0) is 0 Å². The van der Waals surface area contributed by atoms with Gasteiger partial charge in [0, 0.05) is 12.0 Å². The number of aliphatic imine (C=N–C) groups is 2. The molecule has 19 heavy (non-hydrogen) atoms. The van der Waals surface area contributed by atoms with Crippen LogP contribution in [0.5, 0.6) is 0 Å². The van der Waals surface area contributed by atoms with E-state index in [0.29, 0.717) is 0 Å². The zero-order valence-corrected chi connectivity index (χ0v) is 13.1. The minimum Gasteiger partial charge on any atom is -0.274 e. The maximum absolute atomic E-state index is 5.64. The van der Waals surface area contributed by atoms with Gasteiger partial charge >= 0.3 is 0 Å². The normalized spacial score (nSPS) is 21.4. The molecule has 2 aliphatic heterocycles. The number of nitrogens with zero attached hydrogens (tertiary/aromatic N) is 3. The van der Waals surface area contributed by atoms with Gasteiger partial charge in [0.05, 0.1) is 5.70 Å². The Morgan fingerprint density at radius 1 is 1.32 bits per heavy atom. The highest BCUT2D eigenvalue weighted by molar-refractivity contribution is 8.39. The average Bonchev–Trinajstić information content (AvgIpc) is 2.79. The molecule has 0 radical (unpaired) electrons. The first-order valence-corrected chi connectivity index (χ1v) is 8.82. The summed E-state index contributed by atoms with van der Waals surface area (Å²) in [6.07, 6.45) is 11.6. The quantitative estimate of drug-likeness (QED) is 0.576. The summed E-state index contributed by atoms with van der Waals surface area (Å²) in [7, 11) is 0. The van der Waals surface area contributed by atoms with E-state index in [1.807, 2.05) is 18.0 Å². The van der Waals surface area contributed by atoms with Crippen molar-refractivity contribution in [1.82, 2.24) is 5.01 Å². The lowest BCUT2D eigenvalue weighted by Crippen LogP contribution is -2.27. The molecule has 0 aromatic rings. The van der Waals surface area contributed by atoms with Gasteiger partial charge in [-0.25, -0.2) is 10.8 Å². The van der Waals surface area contributed by atoms with Crippen molar-refractivity contribution in [3.8, 4) is 0 Å². The summed E-state index contributed by atoms with van der Waals surface area (Å²) in [6, 6.07) is 0. The van der Waals surface area contributed by atoms with Crippen molar-refractivity contribution in [3.05, 3.63) is 11.9 Å². The second kappa shape index (κ2) is 7.97. The average molecular weight is 298 g/mol. The number of nitrogens with two attached hydrogens (primary N) is 1. The van der Waals surface area contributed by atoms with Gasteiger partial charge in [-0.3, -0.25) is 10.0 Å². The van der Waals surface area contributed by atoms with Gasteiger partial charge in [0.2, 0.25) is 0 Å². The Labute approximate surface area is 124 Å². The van der Waals surface area contributed by atoms with Crippen molar-refractivity contribution < 1.29 is 0 Å². The third-order valence-corrected chi connectivity index (χ3v) is 5.38. The van der Waals surface area contributed by atoms with Crippen molar-refractivity contribution in [3.63, 3.8) is 0 Å². The molecule has 1 atom stereocenters. The second-order valence-electron chi connectivity index (χ2n) is 4.73. The molecule has 2 aliphatic rings. The van der Waals surface area contributed by atoms with Crippen molar-refractivity contribution in [2.24, 2.45) is 15.8 Å². The van der Waals surface area contributed by atoms with Crippen molar-refractivity contribution in [2.45, 2.75) is 50.8 Å². The van der Waals surface area contributed by atoms with Gasteiger partial charge in [0.1, 0.15) is 16.1 Å². The highest BCUT2D eigenvalue weighted by atomic mass is 32.2. The predicted octanol–water partition coefficient (Wildman–Crippen LogP) is 3.57. The van der Waals surface area contributed by atoms with E-state index in [-0.39, 0.29) is 5.37 Å². The van der Waals surface area contributed by atoms with Crippen LogP contribution in [0.2, 0.25) is 0 Å². The van der Waals surface area contributed by atoms with E-state index in [4.69, 9.17) is 5.84 Å². The third-order valence-electron chi connectivity index (χ3n) is 3.03. The van der Waals surface area contributed by atoms with Gasteiger partial charge in [-0.1, -0.05) is 62.6 Å². The first-order valence-electron chi connectivity index (χ1n) is 6.96. The lowest BCUT2D eigenvalue weighted by Gasteiger charge is -2.14. The molecule has 2 heterocycles. The van der Waals surface area contributed by atoms with Crippen LogP contribution in [0.3, 0.4) is 0 Å². The van der Waals surface area contributed by atoms with Crippen LogP contribution in [0, 0.1) is 0 Å². The molecule has 0 spiro atoms. The predicted molar refractivity (Wildman–Crippen MR) is 87.2 cm³/mol. The Morgan fingerprint density at radius 2 is 2.11 bits per heavy atom. The number of hydrogen-bond acceptors (Lipinski definition) is 6. The van der Waals surface area contributed by atoms with Gasteiger partial charge < -0.3 is 0 Å². The van der Waals surface area contributed by atoms with E-state index in [0.717, 1.165) is 15.8 Å². The summed E-state index contributed by atoms with van der Waals surface area (Å²) in [4.78, 5) is 8.92. The zero-order valence-electron chi connectivity index (χ0n) is 11.4. The van der Waals surface area contributed by atoms with E-state index in [9.17, 15) is 0 Å². The molecule has 0 aromatic heterocycles. The molecule has 0 saturated heterocycles. The van der Waals surface area contributed by atoms with Crippen LogP contribution in [0.4, 0.5) is 0 Å². The van der Waals surface area contributed by atoms with Gasteiger partial charge in [0.25, 0.3) is 0 Å². The molecule has 0 amide bonds. The standard InChI is InChI=1S/C13H22N4S2/c1-2-3-4-5-6-7-8-18-13-16-11-9-17(14)10-15-12(11)19-13/h9-10,12H,2-8,14H2,1H3. The monoisotopic (exact) mass is 298 g/mol. The molecule has 2 N–H and O–H groups in total. The first kappa shape index (κ1) is 14.9. The van der Waals surface area contributed by atoms with E-state index >= 15 is 0 Å². The number of hydrazine groups is 1. The Kier molecular flexibility index (Phi) is 6.26. The fourth-order valence-corrected chi connectivity index (χ4v) is 4.16. The fourth-order valence-electron chi connectivity index (χ4n) is 1.97. The third kappa shape index (κ3) is 4.85. The number of fused-ring (bicyclic) bond motifs is 1. The molecule has 6 heteroatoms. The SMILES string of the molecule is CCCCCCCCSC1=NC2=CN(N)C=NC2S1. The van der Waals surface area contributed by atoms with Gasteiger partial charge in [-0.2, -0.15) is 0 Å². The lowest BCUT2D eigenvalue weighted by molar-refractivity contribution is 0.590. The number of rotatable bonds is 7. The van der Waals surface area contributed by atoms with E-state index in [2.05, 4.69) is 16.9 Å². The molecular formula is C13H22N4S2. The number of thioether (sulfide) groups is 2. The number of unbranched alkanes of at least 4 members (excludes halogenated alkanes) is 5. The van der Waals surface area contributed by atoms with Gasteiger partial charge in [0.15, 0.2) is 0 Å². The topological polar surface area (TPSA) is 54.0 Å². The van der Waals surface area contributed by atoms with Crippen LogP contribution >= 0.6 is 23.5 Å². The second-order valence-corrected chi connectivity index (χ2v) is 7.14. The maximum atomic E-state index is 5.64. The van der Waals surface area contributed by atoms with Crippen LogP contribution in [-0.4, -0.2) is 26.8 Å². The van der Waals surface area contributed by atoms with Crippen LogP contribution in [0.1, 0.15) is 45.4 Å². The molecular weight excluding hydrogens is 276 g/mol. The van der Waals surface area contributed by atoms with Gasteiger partial charge in [-0.15, -0.1) is 0 Å². The smallest absolute Gasteiger partial charge is 0.147 e. The molecule has 0 fully saturated rings. The molecule has 0 bridgehead atoms. The van der Waals surface area contributed by atoms with Crippen LogP contribution in [0.15, 0.2) is 21.9 Å². The summed E-state index contributed by atoms with van der Waals surface area (Å²) < 4.78 is 1.14. The molecule has 0 aromatic carbocycles. The maximum Gasteiger partial charge on any atom is 0.147 e. The number of hydrogen-bond donors (Lipinski definition) is 1. The highest BCUT2D eigenvalue weighted by Crippen LogP contribution is 2.37. The lowest BCUT2D eigenvalue weighted by atomic mass is 10.1. The fraction of sp³-hybridized carbons (Fsp3) is 0.692. The summed E-state index contributed by atoms with van der Waals surface area (Å²) in [5.74, 6) is 6.80. The highest BCUT2D eigenvalue weighted by Gasteiger charge is 2.26. The first-order chi connectivity index (χ1) is 9.29. The molecule has 2 rings (SSSR count). The minimum absolute atomic E-state index is 0.131.